The van der Waals surface area contributed by atoms with Crippen LogP contribution in [0.15, 0.2) is 36.5 Å². The third-order valence-electron chi connectivity index (χ3n) is 3.01. The van der Waals surface area contributed by atoms with Crippen LogP contribution in [0.3, 0.4) is 0 Å². The van der Waals surface area contributed by atoms with Crippen molar-refractivity contribution >= 4 is 0 Å². The van der Waals surface area contributed by atoms with Crippen molar-refractivity contribution in [3.63, 3.8) is 0 Å². The molecule has 2 aromatic rings. The van der Waals surface area contributed by atoms with Crippen LogP contribution in [0.4, 0.5) is 4.39 Å². The highest BCUT2D eigenvalue weighted by Gasteiger charge is 2.05. The molecular weight excluding hydrogens is 241 g/mol. The molecule has 0 amide bonds. The van der Waals surface area contributed by atoms with Gasteiger partial charge < -0.3 is 5.73 Å². The summed E-state index contributed by atoms with van der Waals surface area (Å²) in [5.74, 6) is 0.466. The van der Waals surface area contributed by atoms with E-state index in [1.807, 2.05) is 12.1 Å². The molecule has 0 spiro atoms. The van der Waals surface area contributed by atoms with E-state index in [4.69, 9.17) is 5.73 Å². The third kappa shape index (κ3) is 4.10. The minimum Gasteiger partial charge on any atom is -0.327 e. The molecule has 100 valence electrons. The first-order chi connectivity index (χ1) is 9.17. The van der Waals surface area contributed by atoms with Crippen molar-refractivity contribution in [1.29, 1.82) is 0 Å². The standard InChI is InChI=1S/C15H18FN3/c1-2-13(17)10-14-6-7-18-15(19-14)9-11-4-3-5-12(16)8-11/h3-8,13H,2,9-10,17H2,1H3. The van der Waals surface area contributed by atoms with Crippen molar-refractivity contribution in [1.82, 2.24) is 9.97 Å². The number of hydrogen-bond donors (Lipinski definition) is 1. The SMILES string of the molecule is CCC(N)Cc1ccnc(Cc2cccc(F)c2)n1. The molecule has 0 bridgehead atoms. The first kappa shape index (κ1) is 13.6. The molecule has 1 aromatic heterocycles. The van der Waals surface area contributed by atoms with E-state index in [0.717, 1.165) is 24.1 Å². The van der Waals surface area contributed by atoms with Crippen LogP contribution in [0, 0.1) is 5.82 Å². The van der Waals surface area contributed by atoms with Crippen molar-refractivity contribution in [2.45, 2.75) is 32.2 Å². The molecule has 1 atom stereocenters. The van der Waals surface area contributed by atoms with Crippen LogP contribution in [-0.4, -0.2) is 16.0 Å². The van der Waals surface area contributed by atoms with Crippen LogP contribution in [0.25, 0.3) is 0 Å². The first-order valence-electron chi connectivity index (χ1n) is 6.48. The van der Waals surface area contributed by atoms with Crippen molar-refractivity contribution in [2.24, 2.45) is 5.73 Å². The van der Waals surface area contributed by atoms with E-state index in [9.17, 15) is 4.39 Å². The summed E-state index contributed by atoms with van der Waals surface area (Å²) in [4.78, 5) is 8.70. The minimum atomic E-state index is -0.235. The van der Waals surface area contributed by atoms with Gasteiger partial charge in [0.15, 0.2) is 0 Å². The summed E-state index contributed by atoms with van der Waals surface area (Å²) >= 11 is 0. The first-order valence-corrected chi connectivity index (χ1v) is 6.48. The van der Waals surface area contributed by atoms with Crippen LogP contribution in [-0.2, 0) is 12.8 Å². The Hall–Kier alpha value is -1.81. The van der Waals surface area contributed by atoms with Crippen LogP contribution < -0.4 is 5.73 Å². The summed E-state index contributed by atoms with van der Waals surface area (Å²) in [7, 11) is 0. The van der Waals surface area contributed by atoms with E-state index in [2.05, 4.69) is 16.9 Å². The molecule has 0 aliphatic heterocycles. The van der Waals surface area contributed by atoms with Crippen molar-refractivity contribution in [3.05, 3.63) is 59.4 Å². The highest BCUT2D eigenvalue weighted by molar-refractivity contribution is 5.20. The Morgan fingerprint density at radius 1 is 1.32 bits per heavy atom. The van der Waals surface area contributed by atoms with E-state index in [1.165, 1.54) is 12.1 Å². The molecule has 0 aliphatic rings. The van der Waals surface area contributed by atoms with Gasteiger partial charge in [0.2, 0.25) is 0 Å². The number of rotatable bonds is 5. The van der Waals surface area contributed by atoms with E-state index in [1.54, 1.807) is 12.3 Å². The lowest BCUT2D eigenvalue weighted by Gasteiger charge is -2.08. The van der Waals surface area contributed by atoms with Crippen molar-refractivity contribution in [2.75, 3.05) is 0 Å². The quantitative estimate of drug-likeness (QED) is 0.897. The van der Waals surface area contributed by atoms with Gasteiger partial charge in [-0.2, -0.15) is 0 Å². The Bertz CT molecular complexity index is 542. The van der Waals surface area contributed by atoms with Gasteiger partial charge >= 0.3 is 0 Å². The molecule has 2 rings (SSSR count). The number of nitrogens with zero attached hydrogens (tertiary/aromatic N) is 2. The maximum Gasteiger partial charge on any atom is 0.132 e. The zero-order valence-electron chi connectivity index (χ0n) is 11.0. The predicted molar refractivity (Wildman–Crippen MR) is 73.2 cm³/mol. The van der Waals surface area contributed by atoms with Crippen molar-refractivity contribution in [3.8, 4) is 0 Å². The van der Waals surface area contributed by atoms with Crippen molar-refractivity contribution < 1.29 is 4.39 Å². The fourth-order valence-corrected chi connectivity index (χ4v) is 1.88. The van der Waals surface area contributed by atoms with Gasteiger partial charge in [0.25, 0.3) is 0 Å². The van der Waals surface area contributed by atoms with Crippen LogP contribution in [0.1, 0.15) is 30.4 Å². The molecular formula is C15H18FN3. The monoisotopic (exact) mass is 259 g/mol. The maximum absolute atomic E-state index is 13.1. The zero-order chi connectivity index (χ0) is 13.7. The van der Waals surface area contributed by atoms with Gasteiger partial charge in [-0.15, -0.1) is 0 Å². The van der Waals surface area contributed by atoms with Gasteiger partial charge in [-0.05, 0) is 30.2 Å². The van der Waals surface area contributed by atoms with Gasteiger partial charge in [0, 0.05) is 30.8 Å². The van der Waals surface area contributed by atoms with Gasteiger partial charge in [-0.1, -0.05) is 19.1 Å². The molecule has 3 nitrogen and oxygen atoms in total. The molecule has 1 aromatic carbocycles. The summed E-state index contributed by atoms with van der Waals surface area (Å²) in [5.41, 5.74) is 7.73. The highest BCUT2D eigenvalue weighted by atomic mass is 19.1. The van der Waals surface area contributed by atoms with E-state index in [-0.39, 0.29) is 11.9 Å². The highest BCUT2D eigenvalue weighted by Crippen LogP contribution is 2.09. The second-order valence-electron chi connectivity index (χ2n) is 4.64. The lowest BCUT2D eigenvalue weighted by Crippen LogP contribution is -2.22. The van der Waals surface area contributed by atoms with E-state index >= 15 is 0 Å². The van der Waals surface area contributed by atoms with Crippen LogP contribution >= 0.6 is 0 Å². The minimum absolute atomic E-state index is 0.122. The summed E-state index contributed by atoms with van der Waals surface area (Å²) in [6, 6.07) is 8.51. The van der Waals surface area contributed by atoms with Gasteiger partial charge in [-0.3, -0.25) is 0 Å². The summed E-state index contributed by atoms with van der Waals surface area (Å²) < 4.78 is 13.1. The normalized spacial score (nSPS) is 12.4. The van der Waals surface area contributed by atoms with Gasteiger partial charge in [0.1, 0.15) is 11.6 Å². The molecule has 0 aliphatic carbocycles. The van der Waals surface area contributed by atoms with Gasteiger partial charge in [0.05, 0.1) is 0 Å². The molecule has 1 unspecified atom stereocenters. The summed E-state index contributed by atoms with van der Waals surface area (Å²) in [6.45, 7) is 2.06. The predicted octanol–water partition coefficient (Wildman–Crippen LogP) is 2.49. The summed E-state index contributed by atoms with van der Waals surface area (Å²) in [5, 5.41) is 0. The van der Waals surface area contributed by atoms with Crippen LogP contribution in [0.2, 0.25) is 0 Å². The zero-order valence-corrected chi connectivity index (χ0v) is 11.0. The molecule has 4 heteroatoms. The molecule has 1 heterocycles. The molecule has 19 heavy (non-hydrogen) atoms. The Kier molecular flexibility index (Phi) is 4.58. The molecule has 2 N–H and O–H groups in total. The van der Waals surface area contributed by atoms with E-state index in [0.29, 0.717) is 12.2 Å². The lowest BCUT2D eigenvalue weighted by molar-refractivity contribution is 0.625. The molecule has 0 radical (unpaired) electrons. The number of benzene rings is 1. The largest absolute Gasteiger partial charge is 0.327 e. The second kappa shape index (κ2) is 6.38. The number of nitrogens with two attached hydrogens (primary N) is 1. The number of aromatic nitrogens is 2. The molecule has 0 saturated heterocycles. The fraction of sp³-hybridized carbons (Fsp3) is 0.333. The molecule has 0 fully saturated rings. The topological polar surface area (TPSA) is 51.8 Å². The number of hydrogen-bond acceptors (Lipinski definition) is 3. The Balaban J connectivity index is 2.10. The maximum atomic E-state index is 13.1. The Morgan fingerprint density at radius 2 is 2.16 bits per heavy atom. The number of halogens is 1. The fourth-order valence-electron chi connectivity index (χ4n) is 1.88. The van der Waals surface area contributed by atoms with Gasteiger partial charge in [-0.25, -0.2) is 14.4 Å². The van der Waals surface area contributed by atoms with E-state index < -0.39 is 0 Å². The smallest absolute Gasteiger partial charge is 0.132 e. The molecule has 0 saturated carbocycles. The Morgan fingerprint density at radius 3 is 2.89 bits per heavy atom. The second-order valence-corrected chi connectivity index (χ2v) is 4.64. The average Bonchev–Trinajstić information content (AvgIpc) is 2.39. The summed E-state index contributed by atoms with van der Waals surface area (Å²) in [6.07, 6.45) is 3.94. The third-order valence-corrected chi connectivity index (χ3v) is 3.01. The van der Waals surface area contributed by atoms with Crippen LogP contribution in [0.5, 0.6) is 0 Å². The average molecular weight is 259 g/mol. The lowest BCUT2D eigenvalue weighted by atomic mass is 10.1. The Labute approximate surface area is 112 Å².